The molecule has 1 unspecified atom stereocenters. The van der Waals surface area contributed by atoms with Crippen LogP contribution >= 0.6 is 0 Å². The molecule has 4 nitrogen and oxygen atoms in total. The summed E-state index contributed by atoms with van der Waals surface area (Å²) in [4.78, 5) is 26.2. The van der Waals surface area contributed by atoms with Crippen LogP contribution in [-0.2, 0) is 17.6 Å². The van der Waals surface area contributed by atoms with E-state index >= 15 is 0 Å². The molecule has 1 atom stereocenters. The summed E-state index contributed by atoms with van der Waals surface area (Å²) in [6.45, 7) is 1.11. The lowest BCUT2D eigenvalue weighted by atomic mass is 9.89. The summed E-state index contributed by atoms with van der Waals surface area (Å²) in [6.07, 6.45) is 6.28. The van der Waals surface area contributed by atoms with Crippen LogP contribution in [0.2, 0.25) is 0 Å². The molecule has 1 amide bonds. The predicted molar refractivity (Wildman–Crippen MR) is 88.5 cm³/mol. The number of carbonyl (C=O) groups is 2. The van der Waals surface area contributed by atoms with Gasteiger partial charge in [-0.15, -0.1) is 0 Å². The minimum absolute atomic E-state index is 0.0185. The summed E-state index contributed by atoms with van der Waals surface area (Å²) in [5.74, 6) is 0.0272. The van der Waals surface area contributed by atoms with Crippen molar-refractivity contribution in [1.82, 2.24) is 4.90 Å². The molecule has 1 aliphatic heterocycles. The van der Waals surface area contributed by atoms with Crippen molar-refractivity contribution in [3.8, 4) is 0 Å². The highest BCUT2D eigenvalue weighted by Gasteiger charge is 2.22. The molecule has 4 heteroatoms. The zero-order valence-electron chi connectivity index (χ0n) is 13.6. The van der Waals surface area contributed by atoms with Crippen LogP contribution < -0.4 is 0 Å². The second kappa shape index (κ2) is 7.26. The van der Waals surface area contributed by atoms with Crippen LogP contribution in [0.15, 0.2) is 18.2 Å². The Bertz CT molecular complexity index is 596. The number of ketones is 1. The van der Waals surface area contributed by atoms with E-state index in [4.69, 9.17) is 0 Å². The summed E-state index contributed by atoms with van der Waals surface area (Å²) >= 11 is 0. The first-order valence-corrected chi connectivity index (χ1v) is 8.74. The number of amides is 1. The van der Waals surface area contributed by atoms with Gasteiger partial charge in [-0.3, -0.25) is 9.59 Å². The fourth-order valence-corrected chi connectivity index (χ4v) is 3.61. The molecule has 1 N–H and O–H groups in total. The number of hydrogen-bond donors (Lipinski definition) is 1. The number of hydrogen-bond acceptors (Lipinski definition) is 3. The largest absolute Gasteiger partial charge is 0.391 e. The van der Waals surface area contributed by atoms with Crippen molar-refractivity contribution in [2.45, 2.75) is 57.5 Å². The number of aliphatic hydroxyl groups excluding tert-OH is 1. The zero-order valence-corrected chi connectivity index (χ0v) is 13.6. The number of piperidine rings is 1. The molecule has 1 heterocycles. The highest BCUT2D eigenvalue weighted by molar-refractivity contribution is 5.98. The Morgan fingerprint density at radius 3 is 2.65 bits per heavy atom. The molecule has 1 aromatic carbocycles. The van der Waals surface area contributed by atoms with Crippen LogP contribution in [0.1, 0.15) is 60.0 Å². The molecular weight excluding hydrogens is 290 g/mol. The fraction of sp³-hybridized carbons (Fsp3) is 0.579. The lowest BCUT2D eigenvalue weighted by Crippen LogP contribution is -2.42. The molecule has 0 spiro atoms. The van der Waals surface area contributed by atoms with Gasteiger partial charge in [0.2, 0.25) is 5.91 Å². The average molecular weight is 315 g/mol. The SMILES string of the molecule is O=C(CCC(=O)N1CCCC(O)C1)c1ccc2c(c1)CCCC2. The Morgan fingerprint density at radius 1 is 1.09 bits per heavy atom. The third-order valence-corrected chi connectivity index (χ3v) is 4.99. The lowest BCUT2D eigenvalue weighted by molar-refractivity contribution is -0.134. The molecule has 0 bridgehead atoms. The van der Waals surface area contributed by atoms with Gasteiger partial charge < -0.3 is 10.0 Å². The Balaban J connectivity index is 1.55. The quantitative estimate of drug-likeness (QED) is 0.869. The number of nitrogens with zero attached hydrogens (tertiary/aromatic N) is 1. The van der Waals surface area contributed by atoms with Crippen LogP contribution in [0.3, 0.4) is 0 Å². The summed E-state index contributed by atoms with van der Waals surface area (Å²) in [6, 6.07) is 6.00. The fourth-order valence-electron chi connectivity index (χ4n) is 3.61. The Kier molecular flexibility index (Phi) is 5.11. The normalized spacial score (nSPS) is 20.9. The van der Waals surface area contributed by atoms with Crippen molar-refractivity contribution < 1.29 is 14.7 Å². The maximum Gasteiger partial charge on any atom is 0.223 e. The highest BCUT2D eigenvalue weighted by Crippen LogP contribution is 2.23. The van der Waals surface area contributed by atoms with Crippen molar-refractivity contribution in [2.75, 3.05) is 13.1 Å². The summed E-state index contributed by atoms with van der Waals surface area (Å²) < 4.78 is 0. The van der Waals surface area contributed by atoms with Crippen LogP contribution in [0, 0.1) is 0 Å². The molecule has 3 rings (SSSR count). The monoisotopic (exact) mass is 315 g/mol. The van der Waals surface area contributed by atoms with Gasteiger partial charge in [-0.05, 0) is 55.7 Å². The predicted octanol–water partition coefficient (Wildman–Crippen LogP) is 2.51. The number of carbonyl (C=O) groups excluding carboxylic acids is 2. The molecule has 2 aliphatic rings. The number of Topliss-reactive ketones (excluding diaryl/α,β-unsaturated/α-hetero) is 1. The summed E-state index contributed by atoms with van der Waals surface area (Å²) in [5.41, 5.74) is 3.40. The van der Waals surface area contributed by atoms with Crippen molar-refractivity contribution in [1.29, 1.82) is 0 Å². The van der Waals surface area contributed by atoms with Gasteiger partial charge in [-0.25, -0.2) is 0 Å². The van der Waals surface area contributed by atoms with Gasteiger partial charge in [0.25, 0.3) is 0 Å². The van der Waals surface area contributed by atoms with Crippen molar-refractivity contribution in [2.24, 2.45) is 0 Å². The van der Waals surface area contributed by atoms with E-state index in [-0.39, 0.29) is 24.5 Å². The summed E-state index contributed by atoms with van der Waals surface area (Å²) in [7, 11) is 0. The molecule has 23 heavy (non-hydrogen) atoms. The molecular formula is C19H25NO3. The van der Waals surface area contributed by atoms with Crippen LogP contribution in [0.4, 0.5) is 0 Å². The van der Waals surface area contributed by atoms with Gasteiger partial charge in [-0.2, -0.15) is 0 Å². The molecule has 1 aliphatic carbocycles. The van der Waals surface area contributed by atoms with E-state index in [1.54, 1.807) is 4.90 Å². The van der Waals surface area contributed by atoms with Crippen molar-refractivity contribution >= 4 is 11.7 Å². The number of fused-ring (bicyclic) bond motifs is 1. The molecule has 1 saturated heterocycles. The first-order valence-electron chi connectivity index (χ1n) is 8.74. The number of rotatable bonds is 4. The van der Waals surface area contributed by atoms with Crippen LogP contribution in [0.25, 0.3) is 0 Å². The third-order valence-electron chi connectivity index (χ3n) is 4.99. The molecule has 0 aromatic heterocycles. The van der Waals surface area contributed by atoms with Gasteiger partial charge in [0.05, 0.1) is 6.10 Å². The van der Waals surface area contributed by atoms with E-state index in [1.165, 1.54) is 24.0 Å². The minimum atomic E-state index is -0.413. The van der Waals surface area contributed by atoms with E-state index in [0.29, 0.717) is 13.1 Å². The molecule has 1 fully saturated rings. The first kappa shape index (κ1) is 16.2. The first-order chi connectivity index (χ1) is 11.1. The number of aryl methyl sites for hydroxylation is 2. The van der Waals surface area contributed by atoms with E-state index in [0.717, 1.165) is 31.2 Å². The Hall–Kier alpha value is -1.68. The zero-order chi connectivity index (χ0) is 16.2. The van der Waals surface area contributed by atoms with Gasteiger partial charge in [0.1, 0.15) is 0 Å². The highest BCUT2D eigenvalue weighted by atomic mass is 16.3. The molecule has 0 saturated carbocycles. The summed E-state index contributed by atoms with van der Waals surface area (Å²) in [5, 5.41) is 9.64. The number of likely N-dealkylation sites (tertiary alicyclic amines) is 1. The maximum absolute atomic E-state index is 12.4. The third kappa shape index (κ3) is 3.99. The van der Waals surface area contributed by atoms with Crippen LogP contribution in [-0.4, -0.2) is 40.9 Å². The van der Waals surface area contributed by atoms with Crippen LogP contribution in [0.5, 0.6) is 0 Å². The number of benzene rings is 1. The van der Waals surface area contributed by atoms with Gasteiger partial charge >= 0.3 is 0 Å². The second-order valence-electron chi connectivity index (χ2n) is 6.75. The lowest BCUT2D eigenvalue weighted by Gasteiger charge is -2.30. The molecule has 124 valence electrons. The Labute approximate surface area is 137 Å². The van der Waals surface area contributed by atoms with Gasteiger partial charge in [0.15, 0.2) is 5.78 Å². The van der Waals surface area contributed by atoms with Crippen molar-refractivity contribution in [3.05, 3.63) is 34.9 Å². The minimum Gasteiger partial charge on any atom is -0.391 e. The van der Waals surface area contributed by atoms with Gasteiger partial charge in [-0.1, -0.05) is 12.1 Å². The van der Waals surface area contributed by atoms with Crippen molar-refractivity contribution in [3.63, 3.8) is 0 Å². The van der Waals surface area contributed by atoms with E-state index < -0.39 is 6.10 Å². The average Bonchev–Trinajstić information content (AvgIpc) is 2.59. The number of aliphatic hydroxyl groups is 1. The second-order valence-corrected chi connectivity index (χ2v) is 6.75. The maximum atomic E-state index is 12.4. The smallest absolute Gasteiger partial charge is 0.223 e. The van der Waals surface area contributed by atoms with E-state index in [9.17, 15) is 14.7 Å². The topological polar surface area (TPSA) is 57.6 Å². The van der Waals surface area contributed by atoms with Gasteiger partial charge in [0, 0.05) is 31.5 Å². The molecule has 0 radical (unpaired) electrons. The Morgan fingerprint density at radius 2 is 1.87 bits per heavy atom. The number of β-amino-alcohol motifs (C(OH)–C–C–N with tert-alkyl or cyclic N) is 1. The van der Waals surface area contributed by atoms with E-state index in [1.807, 2.05) is 12.1 Å². The standard InChI is InChI=1S/C19H25NO3/c21-17-6-3-11-20(13-17)19(23)10-9-18(22)16-8-7-14-4-1-2-5-15(14)12-16/h7-8,12,17,21H,1-6,9-11,13H2. The molecule has 1 aromatic rings. The van der Waals surface area contributed by atoms with E-state index in [2.05, 4.69) is 6.07 Å².